The predicted octanol–water partition coefficient (Wildman–Crippen LogP) is 4.20. The molecular weight excluding hydrogens is 464 g/mol. The van der Waals surface area contributed by atoms with E-state index in [0.717, 1.165) is 15.2 Å². The van der Waals surface area contributed by atoms with E-state index >= 15 is 0 Å². The van der Waals surface area contributed by atoms with E-state index in [-0.39, 0.29) is 6.61 Å². The minimum Gasteiger partial charge on any atom is -0.483 e. The Kier molecular flexibility index (Phi) is 5.90. The zero-order valence-corrected chi connectivity index (χ0v) is 16.6. The van der Waals surface area contributed by atoms with Gasteiger partial charge in [-0.3, -0.25) is 20.4 Å². The molecule has 3 rings (SSSR count). The molecule has 0 fully saturated rings. The molecule has 0 radical (unpaired) electrons. The summed E-state index contributed by atoms with van der Waals surface area (Å²) in [7, 11) is 0. The number of carbonyl (C=O) groups is 2. The first kappa shape index (κ1) is 18.4. The van der Waals surface area contributed by atoms with Crippen LogP contribution in [0.1, 0.15) is 10.4 Å². The molecule has 0 bridgehead atoms. The van der Waals surface area contributed by atoms with E-state index in [1.165, 1.54) is 0 Å². The zero-order valence-electron chi connectivity index (χ0n) is 13.5. The summed E-state index contributed by atoms with van der Waals surface area (Å²) in [5, 5.41) is 2.06. The van der Waals surface area contributed by atoms with Gasteiger partial charge in [0, 0.05) is 4.47 Å². The highest BCUT2D eigenvalue weighted by Crippen LogP contribution is 2.32. The van der Waals surface area contributed by atoms with Crippen LogP contribution in [0, 0.1) is 0 Å². The molecule has 3 aromatic carbocycles. The molecule has 0 unspecified atom stereocenters. The molecule has 0 aromatic heterocycles. The van der Waals surface area contributed by atoms with Crippen molar-refractivity contribution in [3.8, 4) is 5.75 Å². The number of nitrogens with one attached hydrogen (secondary N) is 2. The van der Waals surface area contributed by atoms with Gasteiger partial charge in [-0.2, -0.15) is 0 Å². The highest BCUT2D eigenvalue weighted by atomic mass is 79.9. The van der Waals surface area contributed by atoms with Crippen LogP contribution < -0.4 is 15.6 Å². The number of hydrazine groups is 1. The Labute approximate surface area is 167 Å². The average molecular weight is 478 g/mol. The van der Waals surface area contributed by atoms with Crippen molar-refractivity contribution in [3.05, 3.63) is 75.2 Å². The first-order chi connectivity index (χ1) is 12.6. The Balaban J connectivity index is 1.57. The van der Waals surface area contributed by atoms with Crippen LogP contribution in [-0.2, 0) is 4.79 Å². The standard InChI is InChI=1S/C19H14Br2N2O3/c20-15-8-4-3-7-14(15)19(25)23-22-17(24)11-26-16-10-9-12-5-1-2-6-13(12)18(16)21/h1-10H,11H2,(H,22,24)(H,23,25). The average Bonchev–Trinajstić information content (AvgIpc) is 2.66. The number of ether oxygens (including phenoxy) is 1. The molecule has 0 saturated carbocycles. The molecule has 0 spiro atoms. The lowest BCUT2D eigenvalue weighted by molar-refractivity contribution is -0.123. The largest absolute Gasteiger partial charge is 0.483 e. The molecule has 2 N–H and O–H groups in total. The summed E-state index contributed by atoms with van der Waals surface area (Å²) in [6.07, 6.45) is 0. The third kappa shape index (κ3) is 4.23. The summed E-state index contributed by atoms with van der Waals surface area (Å²) in [6.45, 7) is -0.229. The van der Waals surface area contributed by atoms with Gasteiger partial charge in [0.25, 0.3) is 11.8 Å². The SMILES string of the molecule is O=C(COc1ccc2ccccc2c1Br)NNC(=O)c1ccccc1Br. The van der Waals surface area contributed by atoms with Crippen LogP contribution in [0.25, 0.3) is 10.8 Å². The summed E-state index contributed by atoms with van der Waals surface area (Å²) < 4.78 is 6.97. The number of fused-ring (bicyclic) bond motifs is 1. The molecule has 0 aliphatic carbocycles. The van der Waals surface area contributed by atoms with Crippen molar-refractivity contribution in [2.24, 2.45) is 0 Å². The molecule has 0 heterocycles. The van der Waals surface area contributed by atoms with Crippen LogP contribution in [0.4, 0.5) is 0 Å². The Morgan fingerprint density at radius 3 is 2.42 bits per heavy atom. The van der Waals surface area contributed by atoms with Crippen molar-refractivity contribution in [1.29, 1.82) is 0 Å². The molecule has 2 amide bonds. The van der Waals surface area contributed by atoms with E-state index in [9.17, 15) is 9.59 Å². The summed E-state index contributed by atoms with van der Waals surface area (Å²) in [6, 6.07) is 18.5. The van der Waals surface area contributed by atoms with Crippen molar-refractivity contribution in [1.82, 2.24) is 10.9 Å². The van der Waals surface area contributed by atoms with Crippen LogP contribution in [0.3, 0.4) is 0 Å². The number of amides is 2. The Hall–Kier alpha value is -2.38. The molecule has 0 atom stereocenters. The molecule has 132 valence electrons. The molecule has 7 heteroatoms. The van der Waals surface area contributed by atoms with Crippen LogP contribution in [0.5, 0.6) is 5.75 Å². The van der Waals surface area contributed by atoms with Crippen molar-refractivity contribution < 1.29 is 14.3 Å². The fourth-order valence-electron chi connectivity index (χ4n) is 2.34. The first-order valence-electron chi connectivity index (χ1n) is 7.70. The van der Waals surface area contributed by atoms with Gasteiger partial charge in [-0.15, -0.1) is 0 Å². The van der Waals surface area contributed by atoms with Crippen molar-refractivity contribution >= 4 is 54.4 Å². The Bertz CT molecular complexity index is 976. The molecule has 0 saturated heterocycles. The maximum absolute atomic E-state index is 12.0. The molecule has 3 aromatic rings. The van der Waals surface area contributed by atoms with E-state index in [1.54, 1.807) is 30.3 Å². The summed E-state index contributed by atoms with van der Waals surface area (Å²) in [5.74, 6) is -0.334. The Morgan fingerprint density at radius 1 is 0.885 bits per heavy atom. The fraction of sp³-hybridized carbons (Fsp3) is 0.0526. The smallest absolute Gasteiger partial charge is 0.276 e. The van der Waals surface area contributed by atoms with Gasteiger partial charge >= 0.3 is 0 Å². The second-order valence-corrected chi connectivity index (χ2v) is 7.02. The second kappa shape index (κ2) is 8.33. The van der Waals surface area contributed by atoms with E-state index in [4.69, 9.17) is 4.74 Å². The number of hydrogen-bond acceptors (Lipinski definition) is 3. The monoisotopic (exact) mass is 476 g/mol. The summed E-state index contributed by atoms with van der Waals surface area (Å²) in [5.41, 5.74) is 5.12. The lowest BCUT2D eigenvalue weighted by Gasteiger charge is -2.11. The minimum atomic E-state index is -0.467. The van der Waals surface area contributed by atoms with Crippen LogP contribution >= 0.6 is 31.9 Å². The lowest BCUT2D eigenvalue weighted by Crippen LogP contribution is -2.43. The van der Waals surface area contributed by atoms with E-state index < -0.39 is 11.8 Å². The van der Waals surface area contributed by atoms with Crippen LogP contribution in [-0.4, -0.2) is 18.4 Å². The van der Waals surface area contributed by atoms with Crippen molar-refractivity contribution in [2.45, 2.75) is 0 Å². The minimum absolute atomic E-state index is 0.229. The van der Waals surface area contributed by atoms with Gasteiger partial charge < -0.3 is 4.74 Å². The maximum Gasteiger partial charge on any atom is 0.276 e. The third-order valence-corrected chi connectivity index (χ3v) is 5.13. The van der Waals surface area contributed by atoms with Gasteiger partial charge in [-0.25, -0.2) is 0 Å². The third-order valence-electron chi connectivity index (χ3n) is 3.62. The van der Waals surface area contributed by atoms with Gasteiger partial charge in [-0.1, -0.05) is 42.5 Å². The Morgan fingerprint density at radius 2 is 1.62 bits per heavy atom. The number of hydrogen-bond donors (Lipinski definition) is 2. The van der Waals surface area contributed by atoms with Gasteiger partial charge in [0.05, 0.1) is 10.0 Å². The van der Waals surface area contributed by atoms with Crippen LogP contribution in [0.15, 0.2) is 69.6 Å². The molecule has 0 aliphatic rings. The van der Waals surface area contributed by atoms with Gasteiger partial charge in [0.1, 0.15) is 5.75 Å². The molecule has 5 nitrogen and oxygen atoms in total. The fourth-order valence-corrected chi connectivity index (χ4v) is 3.42. The number of carbonyl (C=O) groups excluding carboxylic acids is 2. The molecule has 0 aliphatic heterocycles. The summed E-state index contributed by atoms with van der Waals surface area (Å²) >= 11 is 6.79. The van der Waals surface area contributed by atoms with Gasteiger partial charge in [0.2, 0.25) is 0 Å². The quantitative estimate of drug-likeness (QED) is 0.553. The number of benzene rings is 3. The van der Waals surface area contributed by atoms with Crippen molar-refractivity contribution in [3.63, 3.8) is 0 Å². The maximum atomic E-state index is 12.0. The second-order valence-electron chi connectivity index (χ2n) is 5.37. The predicted molar refractivity (Wildman–Crippen MR) is 107 cm³/mol. The number of halogens is 2. The van der Waals surface area contributed by atoms with E-state index in [1.807, 2.05) is 30.3 Å². The molecule has 26 heavy (non-hydrogen) atoms. The zero-order chi connectivity index (χ0) is 18.5. The highest BCUT2D eigenvalue weighted by molar-refractivity contribution is 9.11. The lowest BCUT2D eigenvalue weighted by atomic mass is 10.1. The van der Waals surface area contributed by atoms with Crippen molar-refractivity contribution in [2.75, 3.05) is 6.61 Å². The topological polar surface area (TPSA) is 67.4 Å². The highest BCUT2D eigenvalue weighted by Gasteiger charge is 2.12. The first-order valence-corrected chi connectivity index (χ1v) is 9.28. The van der Waals surface area contributed by atoms with Crippen LogP contribution in [0.2, 0.25) is 0 Å². The van der Waals surface area contributed by atoms with Gasteiger partial charge in [0.15, 0.2) is 6.61 Å². The summed E-state index contributed by atoms with van der Waals surface area (Å²) in [4.78, 5) is 24.0. The van der Waals surface area contributed by atoms with E-state index in [2.05, 4.69) is 42.7 Å². The van der Waals surface area contributed by atoms with Gasteiger partial charge in [-0.05, 0) is 60.8 Å². The normalized spacial score (nSPS) is 10.4. The number of rotatable bonds is 4. The molecular formula is C19H14Br2N2O3. The van der Waals surface area contributed by atoms with E-state index in [0.29, 0.717) is 15.8 Å².